The van der Waals surface area contributed by atoms with Gasteiger partial charge in [-0.15, -0.1) is 0 Å². The molecule has 0 saturated carbocycles. The highest BCUT2D eigenvalue weighted by molar-refractivity contribution is 5.71. The third kappa shape index (κ3) is 1.91. The van der Waals surface area contributed by atoms with Crippen molar-refractivity contribution in [2.24, 2.45) is 5.41 Å². The maximum Gasteiger partial charge on any atom is 0.319 e. The fourth-order valence-corrected chi connectivity index (χ4v) is 2.46. The molecule has 2 aliphatic heterocycles. The Morgan fingerprint density at radius 2 is 2.36 bits per heavy atom. The molecule has 0 bridgehead atoms. The van der Waals surface area contributed by atoms with Crippen molar-refractivity contribution in [2.45, 2.75) is 12.8 Å². The summed E-state index contributed by atoms with van der Waals surface area (Å²) < 4.78 is 4.68. The zero-order valence-electron chi connectivity index (χ0n) is 8.71. The number of esters is 1. The van der Waals surface area contributed by atoms with Gasteiger partial charge in [-0.2, -0.15) is 0 Å². The highest BCUT2D eigenvalue weighted by atomic mass is 16.5. The SMILES string of the molecule is COC(=O)CN1CCCC2(CNC2)C1. The second-order valence-corrected chi connectivity index (χ2v) is 4.49. The van der Waals surface area contributed by atoms with Gasteiger partial charge in [0.05, 0.1) is 13.7 Å². The maximum absolute atomic E-state index is 11.1. The maximum atomic E-state index is 11.1. The van der Waals surface area contributed by atoms with Crippen molar-refractivity contribution in [3.8, 4) is 0 Å². The average molecular weight is 198 g/mol. The number of methoxy groups -OCH3 is 1. The van der Waals surface area contributed by atoms with E-state index in [9.17, 15) is 4.79 Å². The van der Waals surface area contributed by atoms with Crippen molar-refractivity contribution in [2.75, 3.05) is 39.8 Å². The van der Waals surface area contributed by atoms with E-state index >= 15 is 0 Å². The standard InChI is InChI=1S/C10H18N2O2/c1-14-9(13)5-12-4-2-3-10(8-12)6-11-7-10/h11H,2-8H2,1H3. The minimum atomic E-state index is -0.116. The van der Waals surface area contributed by atoms with Crippen molar-refractivity contribution in [1.29, 1.82) is 0 Å². The molecule has 0 aromatic heterocycles. The van der Waals surface area contributed by atoms with E-state index in [0.29, 0.717) is 12.0 Å². The predicted octanol–water partition coefficient (Wildman–Crippen LogP) is -0.155. The molecular formula is C10H18N2O2. The van der Waals surface area contributed by atoms with Crippen molar-refractivity contribution >= 4 is 5.97 Å². The summed E-state index contributed by atoms with van der Waals surface area (Å²) >= 11 is 0. The molecule has 0 amide bonds. The lowest BCUT2D eigenvalue weighted by Crippen LogP contribution is -2.61. The van der Waals surface area contributed by atoms with Crippen LogP contribution in [0, 0.1) is 5.41 Å². The highest BCUT2D eigenvalue weighted by Gasteiger charge is 2.40. The lowest BCUT2D eigenvalue weighted by molar-refractivity contribution is -0.143. The molecule has 0 aromatic rings. The molecule has 0 aliphatic carbocycles. The van der Waals surface area contributed by atoms with E-state index < -0.39 is 0 Å². The molecule has 2 rings (SSSR count). The lowest BCUT2D eigenvalue weighted by Gasteiger charge is -2.49. The van der Waals surface area contributed by atoms with E-state index in [1.54, 1.807) is 0 Å². The van der Waals surface area contributed by atoms with Crippen LogP contribution < -0.4 is 5.32 Å². The Kier molecular flexibility index (Phi) is 2.74. The summed E-state index contributed by atoms with van der Waals surface area (Å²) in [5.41, 5.74) is 0.465. The number of likely N-dealkylation sites (tertiary alicyclic amines) is 1. The molecule has 2 saturated heterocycles. The first-order chi connectivity index (χ1) is 6.74. The molecule has 1 spiro atoms. The van der Waals surface area contributed by atoms with Crippen LogP contribution in [0.1, 0.15) is 12.8 Å². The molecule has 0 unspecified atom stereocenters. The van der Waals surface area contributed by atoms with Crippen molar-refractivity contribution in [1.82, 2.24) is 10.2 Å². The van der Waals surface area contributed by atoms with E-state index in [-0.39, 0.29) is 5.97 Å². The van der Waals surface area contributed by atoms with E-state index in [1.165, 1.54) is 20.0 Å². The largest absolute Gasteiger partial charge is 0.468 e. The summed E-state index contributed by atoms with van der Waals surface area (Å²) in [7, 11) is 1.45. The second kappa shape index (κ2) is 3.87. The number of rotatable bonds is 2. The molecular weight excluding hydrogens is 180 g/mol. The third-order valence-electron chi connectivity index (χ3n) is 3.32. The summed E-state index contributed by atoms with van der Waals surface area (Å²) in [6.07, 6.45) is 2.51. The van der Waals surface area contributed by atoms with Gasteiger partial charge in [0.25, 0.3) is 0 Å². The van der Waals surface area contributed by atoms with Gasteiger partial charge in [0.2, 0.25) is 0 Å². The van der Waals surface area contributed by atoms with Crippen LogP contribution in [-0.4, -0.2) is 50.7 Å². The van der Waals surface area contributed by atoms with Gasteiger partial charge in [0.1, 0.15) is 0 Å². The summed E-state index contributed by atoms with van der Waals surface area (Å²) in [4.78, 5) is 13.3. The topological polar surface area (TPSA) is 41.6 Å². The first kappa shape index (κ1) is 9.93. The fraction of sp³-hybridized carbons (Fsp3) is 0.900. The van der Waals surface area contributed by atoms with E-state index in [0.717, 1.165) is 26.2 Å². The summed E-state index contributed by atoms with van der Waals surface area (Å²) in [6, 6.07) is 0. The zero-order chi connectivity index (χ0) is 10.0. The Balaban J connectivity index is 1.84. The monoisotopic (exact) mass is 198 g/mol. The molecule has 2 fully saturated rings. The average Bonchev–Trinajstić information content (AvgIpc) is 2.16. The molecule has 2 aliphatic rings. The van der Waals surface area contributed by atoms with E-state index in [4.69, 9.17) is 0 Å². The minimum Gasteiger partial charge on any atom is -0.468 e. The zero-order valence-corrected chi connectivity index (χ0v) is 8.71. The highest BCUT2D eigenvalue weighted by Crippen LogP contribution is 2.33. The number of nitrogens with zero attached hydrogens (tertiary/aromatic N) is 1. The van der Waals surface area contributed by atoms with Crippen LogP contribution >= 0.6 is 0 Å². The smallest absolute Gasteiger partial charge is 0.319 e. The van der Waals surface area contributed by atoms with Crippen molar-refractivity contribution < 1.29 is 9.53 Å². The van der Waals surface area contributed by atoms with Gasteiger partial charge in [0, 0.05) is 25.0 Å². The molecule has 0 radical (unpaired) electrons. The quantitative estimate of drug-likeness (QED) is 0.626. The number of hydrogen-bond acceptors (Lipinski definition) is 4. The molecule has 4 heteroatoms. The third-order valence-corrected chi connectivity index (χ3v) is 3.32. The van der Waals surface area contributed by atoms with Gasteiger partial charge in [-0.1, -0.05) is 0 Å². The molecule has 14 heavy (non-hydrogen) atoms. The first-order valence-corrected chi connectivity index (χ1v) is 5.24. The Labute approximate surface area is 84.6 Å². The van der Waals surface area contributed by atoms with Gasteiger partial charge < -0.3 is 10.1 Å². The number of carbonyl (C=O) groups is 1. The normalized spacial score (nSPS) is 25.8. The van der Waals surface area contributed by atoms with Gasteiger partial charge in [-0.3, -0.25) is 9.69 Å². The van der Waals surface area contributed by atoms with Crippen LogP contribution in [0.25, 0.3) is 0 Å². The number of nitrogens with one attached hydrogen (secondary N) is 1. The first-order valence-electron chi connectivity index (χ1n) is 5.24. The van der Waals surface area contributed by atoms with Crippen molar-refractivity contribution in [3.05, 3.63) is 0 Å². The van der Waals surface area contributed by atoms with Crippen LogP contribution in [0.4, 0.5) is 0 Å². The van der Waals surface area contributed by atoms with E-state index in [2.05, 4.69) is 15.0 Å². The van der Waals surface area contributed by atoms with Gasteiger partial charge >= 0.3 is 5.97 Å². The Hall–Kier alpha value is -0.610. The molecule has 2 heterocycles. The van der Waals surface area contributed by atoms with Gasteiger partial charge in [-0.05, 0) is 19.4 Å². The number of carbonyl (C=O) groups excluding carboxylic acids is 1. The Bertz CT molecular complexity index is 226. The van der Waals surface area contributed by atoms with Crippen LogP contribution in [0.2, 0.25) is 0 Å². The number of piperidine rings is 1. The van der Waals surface area contributed by atoms with Crippen LogP contribution in [0.5, 0.6) is 0 Å². The Morgan fingerprint density at radius 1 is 1.57 bits per heavy atom. The minimum absolute atomic E-state index is 0.116. The predicted molar refractivity (Wildman–Crippen MR) is 53.0 cm³/mol. The van der Waals surface area contributed by atoms with Gasteiger partial charge in [-0.25, -0.2) is 0 Å². The summed E-state index contributed by atoms with van der Waals surface area (Å²) in [6.45, 7) is 4.78. The molecule has 0 atom stereocenters. The fourth-order valence-electron chi connectivity index (χ4n) is 2.46. The summed E-state index contributed by atoms with van der Waals surface area (Å²) in [5, 5.41) is 3.32. The lowest BCUT2D eigenvalue weighted by atomic mass is 9.75. The van der Waals surface area contributed by atoms with E-state index in [1.807, 2.05) is 0 Å². The Morgan fingerprint density at radius 3 is 2.93 bits per heavy atom. The van der Waals surface area contributed by atoms with Gasteiger partial charge in [0.15, 0.2) is 0 Å². The molecule has 4 nitrogen and oxygen atoms in total. The number of ether oxygens (including phenoxy) is 1. The molecule has 0 aromatic carbocycles. The molecule has 80 valence electrons. The van der Waals surface area contributed by atoms with Crippen LogP contribution in [0.3, 0.4) is 0 Å². The summed E-state index contributed by atoms with van der Waals surface area (Å²) in [5.74, 6) is -0.116. The second-order valence-electron chi connectivity index (χ2n) is 4.49. The van der Waals surface area contributed by atoms with Crippen molar-refractivity contribution in [3.63, 3.8) is 0 Å². The van der Waals surface area contributed by atoms with Crippen LogP contribution in [0.15, 0.2) is 0 Å². The number of hydrogen-bond donors (Lipinski definition) is 1. The van der Waals surface area contributed by atoms with Crippen LogP contribution in [-0.2, 0) is 9.53 Å². The molecule has 1 N–H and O–H groups in total.